The molecule has 1 aliphatic rings. The van der Waals surface area contributed by atoms with Gasteiger partial charge in [-0.1, -0.05) is 5.18 Å². The van der Waals surface area contributed by atoms with E-state index in [1.807, 2.05) is 5.32 Å². The van der Waals surface area contributed by atoms with Crippen LogP contribution in [-0.2, 0) is 9.59 Å². The minimum Gasteiger partial charge on any atom is -0.294 e. The highest BCUT2D eigenvalue weighted by molar-refractivity contribution is 6.00. The Kier molecular flexibility index (Phi) is 1.75. The standard InChI is InChI=1S/C5H6N2O3/c8-4-2-1-3(7-10)5(9)6-4/h3H,1-2H2,(H,6,8,9). The van der Waals surface area contributed by atoms with Gasteiger partial charge in [-0.3, -0.25) is 14.9 Å². The van der Waals surface area contributed by atoms with Gasteiger partial charge in [0.05, 0.1) is 0 Å². The topological polar surface area (TPSA) is 75.6 Å². The Labute approximate surface area is 56.8 Å². The molecule has 1 aliphatic heterocycles. The van der Waals surface area contributed by atoms with Crippen molar-refractivity contribution in [2.24, 2.45) is 5.18 Å². The van der Waals surface area contributed by atoms with E-state index in [0.29, 0.717) is 0 Å². The molecule has 10 heavy (non-hydrogen) atoms. The van der Waals surface area contributed by atoms with E-state index in [9.17, 15) is 14.5 Å². The van der Waals surface area contributed by atoms with E-state index in [0.717, 1.165) is 0 Å². The van der Waals surface area contributed by atoms with Gasteiger partial charge in [-0.15, -0.1) is 4.91 Å². The van der Waals surface area contributed by atoms with Gasteiger partial charge in [-0.05, 0) is 6.42 Å². The molecule has 0 saturated carbocycles. The third-order valence-electron chi connectivity index (χ3n) is 1.34. The van der Waals surface area contributed by atoms with E-state index in [1.165, 1.54) is 0 Å². The van der Waals surface area contributed by atoms with Crippen LogP contribution in [0.15, 0.2) is 5.18 Å². The normalized spacial score (nSPS) is 25.8. The zero-order valence-electron chi connectivity index (χ0n) is 5.16. The molecule has 54 valence electrons. The molecule has 1 atom stereocenters. The number of nitrogens with one attached hydrogen (secondary N) is 1. The van der Waals surface area contributed by atoms with Crippen molar-refractivity contribution in [1.29, 1.82) is 0 Å². The van der Waals surface area contributed by atoms with Crippen molar-refractivity contribution in [3.8, 4) is 0 Å². The number of nitroso groups, excluding NO2 is 1. The third-order valence-corrected chi connectivity index (χ3v) is 1.34. The molecule has 0 aliphatic carbocycles. The van der Waals surface area contributed by atoms with Gasteiger partial charge in [0.1, 0.15) is 0 Å². The number of imide groups is 1. The molecule has 0 aromatic heterocycles. The fourth-order valence-electron chi connectivity index (χ4n) is 0.783. The zero-order valence-corrected chi connectivity index (χ0v) is 5.16. The maximum absolute atomic E-state index is 10.6. The first-order chi connectivity index (χ1) is 4.74. The van der Waals surface area contributed by atoms with Gasteiger partial charge in [0.2, 0.25) is 5.91 Å². The molecule has 2 amide bonds. The summed E-state index contributed by atoms with van der Waals surface area (Å²) in [6.45, 7) is 0. The second kappa shape index (κ2) is 2.55. The Hall–Kier alpha value is -1.26. The van der Waals surface area contributed by atoms with Crippen LogP contribution in [0.5, 0.6) is 0 Å². The summed E-state index contributed by atoms with van der Waals surface area (Å²) in [6.07, 6.45) is 0.455. The molecule has 1 N–H and O–H groups in total. The van der Waals surface area contributed by atoms with Crippen LogP contribution < -0.4 is 5.32 Å². The second-order valence-corrected chi connectivity index (χ2v) is 2.07. The Morgan fingerprint density at radius 1 is 1.50 bits per heavy atom. The van der Waals surface area contributed by atoms with E-state index in [2.05, 4.69) is 5.18 Å². The number of carbonyl (C=O) groups is 2. The summed E-state index contributed by atoms with van der Waals surface area (Å²) in [6, 6.07) is -0.863. The lowest BCUT2D eigenvalue weighted by Gasteiger charge is -2.13. The monoisotopic (exact) mass is 142 g/mol. The van der Waals surface area contributed by atoms with Gasteiger partial charge >= 0.3 is 0 Å². The van der Waals surface area contributed by atoms with Crippen LogP contribution in [0.1, 0.15) is 12.8 Å². The molecule has 5 heteroatoms. The molecule has 1 rings (SSSR count). The SMILES string of the molecule is O=NC1CCC(=O)NC1=O. The van der Waals surface area contributed by atoms with E-state index in [1.54, 1.807) is 0 Å². The molecule has 0 spiro atoms. The van der Waals surface area contributed by atoms with Crippen molar-refractivity contribution in [3.63, 3.8) is 0 Å². The van der Waals surface area contributed by atoms with Crippen molar-refractivity contribution in [2.75, 3.05) is 0 Å². The van der Waals surface area contributed by atoms with Crippen LogP contribution >= 0.6 is 0 Å². The largest absolute Gasteiger partial charge is 0.294 e. The number of hydrogen-bond donors (Lipinski definition) is 1. The smallest absolute Gasteiger partial charge is 0.255 e. The average Bonchev–Trinajstić information content (AvgIpc) is 1.88. The fourth-order valence-corrected chi connectivity index (χ4v) is 0.783. The molecular weight excluding hydrogens is 136 g/mol. The van der Waals surface area contributed by atoms with Crippen molar-refractivity contribution in [2.45, 2.75) is 18.9 Å². The zero-order chi connectivity index (χ0) is 7.56. The number of rotatable bonds is 1. The summed E-state index contributed by atoms with van der Waals surface area (Å²) < 4.78 is 0. The number of carbonyl (C=O) groups excluding carboxylic acids is 2. The van der Waals surface area contributed by atoms with E-state index in [-0.39, 0.29) is 18.7 Å². The van der Waals surface area contributed by atoms with Gasteiger partial charge < -0.3 is 0 Å². The van der Waals surface area contributed by atoms with E-state index < -0.39 is 11.9 Å². The number of nitrogens with zero attached hydrogens (tertiary/aromatic N) is 1. The fraction of sp³-hybridized carbons (Fsp3) is 0.600. The lowest BCUT2D eigenvalue weighted by Crippen LogP contribution is -2.42. The lowest BCUT2D eigenvalue weighted by molar-refractivity contribution is -0.134. The minimum absolute atomic E-state index is 0.210. The predicted molar refractivity (Wildman–Crippen MR) is 32.0 cm³/mol. The van der Waals surface area contributed by atoms with Crippen LogP contribution in [0.3, 0.4) is 0 Å². The molecule has 5 nitrogen and oxygen atoms in total. The summed E-state index contributed by atoms with van der Waals surface area (Å²) >= 11 is 0. The first-order valence-corrected chi connectivity index (χ1v) is 2.90. The Morgan fingerprint density at radius 2 is 2.20 bits per heavy atom. The molecule has 1 unspecified atom stereocenters. The van der Waals surface area contributed by atoms with Gasteiger partial charge in [0, 0.05) is 6.42 Å². The second-order valence-electron chi connectivity index (χ2n) is 2.07. The highest BCUT2D eigenvalue weighted by Gasteiger charge is 2.26. The Morgan fingerprint density at radius 3 is 2.70 bits per heavy atom. The predicted octanol–water partition coefficient (Wildman–Crippen LogP) is -0.442. The van der Waals surface area contributed by atoms with Gasteiger partial charge in [0.15, 0.2) is 6.04 Å². The highest BCUT2D eigenvalue weighted by atomic mass is 16.3. The van der Waals surface area contributed by atoms with Gasteiger partial charge in [-0.25, -0.2) is 0 Å². The van der Waals surface area contributed by atoms with Crippen LogP contribution in [-0.4, -0.2) is 17.9 Å². The first kappa shape index (κ1) is 6.85. The molecule has 0 radical (unpaired) electrons. The summed E-state index contributed by atoms with van der Waals surface area (Å²) in [4.78, 5) is 30.9. The number of hydrogen-bond acceptors (Lipinski definition) is 4. The van der Waals surface area contributed by atoms with Crippen molar-refractivity contribution in [3.05, 3.63) is 4.91 Å². The van der Waals surface area contributed by atoms with Gasteiger partial charge in [-0.2, -0.15) is 0 Å². The molecular formula is C5H6N2O3. The van der Waals surface area contributed by atoms with Crippen molar-refractivity contribution >= 4 is 11.8 Å². The van der Waals surface area contributed by atoms with Crippen LogP contribution in [0.25, 0.3) is 0 Å². The van der Waals surface area contributed by atoms with E-state index in [4.69, 9.17) is 0 Å². The first-order valence-electron chi connectivity index (χ1n) is 2.90. The summed E-state index contributed by atoms with van der Waals surface area (Å²) in [5.74, 6) is -0.906. The van der Waals surface area contributed by atoms with Crippen molar-refractivity contribution in [1.82, 2.24) is 5.32 Å². The maximum Gasteiger partial charge on any atom is 0.255 e. The molecule has 1 fully saturated rings. The highest BCUT2D eigenvalue weighted by Crippen LogP contribution is 2.06. The summed E-state index contributed by atoms with van der Waals surface area (Å²) in [5.41, 5.74) is 0. The Bertz CT molecular complexity index is 189. The molecule has 1 heterocycles. The van der Waals surface area contributed by atoms with Crippen molar-refractivity contribution < 1.29 is 9.59 Å². The number of piperidine rings is 1. The molecule has 0 aromatic rings. The summed E-state index contributed by atoms with van der Waals surface area (Å²) in [5, 5.41) is 4.56. The quantitative estimate of drug-likeness (QED) is 0.398. The van der Waals surface area contributed by atoms with Crippen LogP contribution in [0.2, 0.25) is 0 Å². The third kappa shape index (κ3) is 1.18. The number of amides is 2. The lowest BCUT2D eigenvalue weighted by atomic mass is 10.1. The minimum atomic E-state index is -0.863. The van der Waals surface area contributed by atoms with Crippen LogP contribution in [0.4, 0.5) is 0 Å². The Balaban J connectivity index is 2.59. The maximum atomic E-state index is 10.6. The van der Waals surface area contributed by atoms with Crippen LogP contribution in [0, 0.1) is 4.91 Å². The molecule has 0 aromatic carbocycles. The van der Waals surface area contributed by atoms with Gasteiger partial charge in [0.25, 0.3) is 5.91 Å². The van der Waals surface area contributed by atoms with E-state index >= 15 is 0 Å². The molecule has 0 bridgehead atoms. The molecule has 1 saturated heterocycles. The summed E-state index contributed by atoms with van der Waals surface area (Å²) in [7, 11) is 0. The average molecular weight is 142 g/mol.